The first-order valence-electron chi connectivity index (χ1n) is 13.9. The number of aromatic nitrogens is 2. The first-order valence-corrected chi connectivity index (χ1v) is 13.9. The van der Waals surface area contributed by atoms with E-state index in [-0.39, 0.29) is 11.9 Å². The molecule has 0 aliphatic carbocycles. The Balaban J connectivity index is 1.21. The normalized spacial score (nSPS) is 16.5. The number of benzene rings is 2. The van der Waals surface area contributed by atoms with Gasteiger partial charge in [-0.25, -0.2) is 4.98 Å². The van der Waals surface area contributed by atoms with Crippen molar-refractivity contribution in [1.29, 1.82) is 0 Å². The summed E-state index contributed by atoms with van der Waals surface area (Å²) in [6.45, 7) is 3.20. The number of likely N-dealkylation sites (tertiary alicyclic amines) is 1. The highest BCUT2D eigenvalue weighted by Crippen LogP contribution is 2.32. The third kappa shape index (κ3) is 6.49. The minimum absolute atomic E-state index is 0.152. The largest absolute Gasteiger partial charge is 0.385 e. The first kappa shape index (κ1) is 26.9. The van der Waals surface area contributed by atoms with Crippen LogP contribution in [0.3, 0.4) is 0 Å². The van der Waals surface area contributed by atoms with E-state index in [1.807, 2.05) is 11.0 Å². The molecule has 3 heterocycles. The molecule has 2 aromatic heterocycles. The Kier molecular flexibility index (Phi) is 8.59. The van der Waals surface area contributed by atoms with Crippen LogP contribution in [-0.4, -0.2) is 53.2 Å². The van der Waals surface area contributed by atoms with Gasteiger partial charge in [0.1, 0.15) is 5.82 Å². The number of para-hydroxylation sites is 1. The molecule has 1 fully saturated rings. The zero-order valence-electron chi connectivity index (χ0n) is 22.8. The van der Waals surface area contributed by atoms with Gasteiger partial charge in [0, 0.05) is 74.7 Å². The van der Waals surface area contributed by atoms with Gasteiger partial charge in [-0.05, 0) is 66.5 Å². The molecule has 39 heavy (non-hydrogen) atoms. The van der Waals surface area contributed by atoms with E-state index in [9.17, 15) is 4.79 Å². The monoisotopic (exact) mass is 525 g/mol. The maximum atomic E-state index is 13.3. The number of ether oxygens (including phenoxy) is 1. The molecule has 0 saturated carbocycles. The van der Waals surface area contributed by atoms with Crippen molar-refractivity contribution in [2.24, 2.45) is 5.73 Å². The number of anilines is 1. The van der Waals surface area contributed by atoms with Gasteiger partial charge in [-0.3, -0.25) is 4.79 Å². The summed E-state index contributed by atoms with van der Waals surface area (Å²) in [5.74, 6) is 0.985. The summed E-state index contributed by atoms with van der Waals surface area (Å²) in [5, 5.41) is 1.26. The number of methoxy groups -OCH3 is 1. The van der Waals surface area contributed by atoms with E-state index in [0.717, 1.165) is 62.2 Å². The third-order valence-corrected chi connectivity index (χ3v) is 7.77. The molecule has 4 N–H and O–H groups in total. The predicted molar refractivity (Wildman–Crippen MR) is 157 cm³/mol. The average molecular weight is 526 g/mol. The van der Waals surface area contributed by atoms with Crippen molar-refractivity contribution in [2.75, 3.05) is 32.5 Å². The molecule has 7 nitrogen and oxygen atoms in total. The number of hydrogen-bond acceptors (Lipinski definition) is 5. The molecule has 1 amide bonds. The summed E-state index contributed by atoms with van der Waals surface area (Å²) in [6, 6.07) is 22.7. The van der Waals surface area contributed by atoms with E-state index >= 15 is 0 Å². The van der Waals surface area contributed by atoms with E-state index in [0.29, 0.717) is 24.6 Å². The van der Waals surface area contributed by atoms with Crippen LogP contribution in [0.1, 0.15) is 42.9 Å². The second-order valence-corrected chi connectivity index (χ2v) is 10.6. The van der Waals surface area contributed by atoms with Gasteiger partial charge in [-0.1, -0.05) is 42.5 Å². The maximum absolute atomic E-state index is 13.3. The van der Waals surface area contributed by atoms with Gasteiger partial charge in [-0.2, -0.15) is 0 Å². The second-order valence-electron chi connectivity index (χ2n) is 10.6. The molecule has 1 aliphatic rings. The standard InChI is InChI=1S/C32H39N5O2/c1-39-17-5-16-37-29-8-3-2-6-25(29)19-30(37)27-7-4-15-36(22-27)32(38)20-28(33)18-23-9-11-24(12-10-23)26-13-14-31(34)35-21-26/h2-3,6,8-14,19,21,27-28H,4-5,7,15-18,20,22,33H2,1H3,(H2,34,35)/t27-,28-/m1/s1. The number of rotatable bonds is 10. The van der Waals surface area contributed by atoms with Crippen molar-refractivity contribution in [3.8, 4) is 11.1 Å². The average Bonchev–Trinajstić information content (AvgIpc) is 3.33. The SMILES string of the molecule is COCCCn1c([C@@H]2CCCN(C(=O)C[C@H](N)Cc3ccc(-c4ccc(N)nc4)cc3)C2)cc2ccccc21. The number of fused-ring (bicyclic) bond motifs is 1. The summed E-state index contributed by atoms with van der Waals surface area (Å²) in [6.07, 6.45) is 5.85. The Morgan fingerprint density at radius 1 is 1.10 bits per heavy atom. The Morgan fingerprint density at radius 3 is 2.67 bits per heavy atom. The number of hydrogen-bond donors (Lipinski definition) is 2. The van der Waals surface area contributed by atoms with Gasteiger partial charge in [0.2, 0.25) is 5.91 Å². The van der Waals surface area contributed by atoms with E-state index < -0.39 is 0 Å². The van der Waals surface area contributed by atoms with Crippen molar-refractivity contribution in [2.45, 2.75) is 50.6 Å². The van der Waals surface area contributed by atoms with Crippen LogP contribution in [0.25, 0.3) is 22.0 Å². The molecule has 0 spiro atoms. The Labute approximate surface area is 230 Å². The fraction of sp³-hybridized carbons (Fsp3) is 0.375. The molecule has 204 valence electrons. The number of piperidine rings is 1. The minimum atomic E-state index is -0.220. The molecular formula is C32H39N5O2. The van der Waals surface area contributed by atoms with Gasteiger partial charge >= 0.3 is 0 Å². The highest BCUT2D eigenvalue weighted by Gasteiger charge is 2.28. The van der Waals surface area contributed by atoms with Crippen LogP contribution in [0.2, 0.25) is 0 Å². The van der Waals surface area contributed by atoms with Gasteiger partial charge < -0.3 is 25.7 Å². The van der Waals surface area contributed by atoms with Gasteiger partial charge in [0.05, 0.1) is 0 Å². The van der Waals surface area contributed by atoms with E-state index in [4.69, 9.17) is 16.2 Å². The zero-order valence-corrected chi connectivity index (χ0v) is 22.8. The van der Waals surface area contributed by atoms with Crippen molar-refractivity contribution in [3.63, 3.8) is 0 Å². The van der Waals surface area contributed by atoms with Crippen LogP contribution in [-0.2, 0) is 22.5 Å². The van der Waals surface area contributed by atoms with Crippen molar-refractivity contribution >= 4 is 22.6 Å². The number of nitrogens with zero attached hydrogens (tertiary/aromatic N) is 3. The number of carbonyl (C=O) groups excluding carboxylic acids is 1. The predicted octanol–water partition coefficient (Wildman–Crippen LogP) is 4.99. The minimum Gasteiger partial charge on any atom is -0.385 e. The molecule has 1 saturated heterocycles. The lowest BCUT2D eigenvalue weighted by Crippen LogP contribution is -2.42. The quantitative estimate of drug-likeness (QED) is 0.284. The van der Waals surface area contributed by atoms with Crippen LogP contribution in [0.4, 0.5) is 5.82 Å². The fourth-order valence-electron chi connectivity index (χ4n) is 5.77. The highest BCUT2D eigenvalue weighted by molar-refractivity contribution is 5.82. The smallest absolute Gasteiger partial charge is 0.224 e. The van der Waals surface area contributed by atoms with Crippen molar-refractivity contribution in [1.82, 2.24) is 14.5 Å². The molecule has 2 aromatic carbocycles. The van der Waals surface area contributed by atoms with Gasteiger partial charge in [-0.15, -0.1) is 0 Å². The van der Waals surface area contributed by atoms with E-state index in [1.165, 1.54) is 16.6 Å². The number of aryl methyl sites for hydroxylation is 1. The van der Waals surface area contributed by atoms with Gasteiger partial charge in [0.25, 0.3) is 0 Å². The van der Waals surface area contributed by atoms with Crippen molar-refractivity contribution < 1.29 is 9.53 Å². The highest BCUT2D eigenvalue weighted by atomic mass is 16.5. The maximum Gasteiger partial charge on any atom is 0.224 e. The first-order chi connectivity index (χ1) is 19.0. The van der Waals surface area contributed by atoms with Gasteiger partial charge in [0.15, 0.2) is 0 Å². The second kappa shape index (κ2) is 12.5. The molecule has 5 rings (SSSR count). The summed E-state index contributed by atoms with van der Waals surface area (Å²) >= 11 is 0. The molecular weight excluding hydrogens is 486 g/mol. The Bertz CT molecular complexity index is 1380. The lowest BCUT2D eigenvalue weighted by atomic mass is 9.93. The van der Waals surface area contributed by atoms with Crippen LogP contribution in [0.15, 0.2) is 72.9 Å². The molecule has 2 atom stereocenters. The number of amides is 1. The van der Waals surface area contributed by atoms with Crippen LogP contribution in [0.5, 0.6) is 0 Å². The molecule has 0 radical (unpaired) electrons. The van der Waals surface area contributed by atoms with E-state index in [2.05, 4.69) is 64.1 Å². The van der Waals surface area contributed by atoms with Crippen LogP contribution >= 0.6 is 0 Å². The molecule has 0 bridgehead atoms. The summed E-state index contributed by atoms with van der Waals surface area (Å²) < 4.78 is 7.74. The topological polar surface area (TPSA) is 99.4 Å². The summed E-state index contributed by atoms with van der Waals surface area (Å²) in [7, 11) is 1.75. The number of nitrogens with two attached hydrogens (primary N) is 2. The molecule has 7 heteroatoms. The lowest BCUT2D eigenvalue weighted by Gasteiger charge is -2.34. The Hall–Kier alpha value is -3.68. The lowest BCUT2D eigenvalue weighted by molar-refractivity contribution is -0.132. The number of nitrogen functional groups attached to an aromatic ring is 1. The third-order valence-electron chi connectivity index (χ3n) is 7.77. The Morgan fingerprint density at radius 2 is 1.90 bits per heavy atom. The zero-order chi connectivity index (χ0) is 27.2. The van der Waals surface area contributed by atoms with Crippen LogP contribution < -0.4 is 11.5 Å². The van der Waals surface area contributed by atoms with Crippen LogP contribution in [0, 0.1) is 0 Å². The van der Waals surface area contributed by atoms with E-state index in [1.54, 1.807) is 19.4 Å². The number of pyridine rings is 1. The summed E-state index contributed by atoms with van der Waals surface area (Å²) in [5.41, 5.74) is 18.0. The van der Waals surface area contributed by atoms with Crippen molar-refractivity contribution in [3.05, 3.63) is 84.2 Å². The number of carbonyl (C=O) groups is 1. The molecule has 4 aromatic rings. The fourth-order valence-corrected chi connectivity index (χ4v) is 5.77. The summed E-state index contributed by atoms with van der Waals surface area (Å²) in [4.78, 5) is 19.5. The molecule has 1 aliphatic heterocycles. The molecule has 0 unspecified atom stereocenters.